The van der Waals surface area contributed by atoms with Gasteiger partial charge in [-0.25, -0.2) is 0 Å². The first-order chi connectivity index (χ1) is 7.66. The van der Waals surface area contributed by atoms with Crippen LogP contribution in [0.15, 0.2) is 12.3 Å². The number of aliphatic hydroxyl groups is 1. The summed E-state index contributed by atoms with van der Waals surface area (Å²) >= 11 is 0. The molecule has 90 valence electrons. The van der Waals surface area contributed by atoms with Gasteiger partial charge < -0.3 is 10.0 Å². The van der Waals surface area contributed by atoms with Crippen molar-refractivity contribution in [2.45, 2.75) is 25.9 Å². The van der Waals surface area contributed by atoms with Gasteiger partial charge in [-0.15, -0.1) is 0 Å². The maximum Gasteiger partial charge on any atom is 0.0693 e. The summed E-state index contributed by atoms with van der Waals surface area (Å²) in [7, 11) is 1.97. The topological polar surface area (TPSA) is 41.3 Å². The Balaban J connectivity index is 1.81. The number of aliphatic hydroxyl groups excluding tert-OH is 1. The van der Waals surface area contributed by atoms with Gasteiger partial charge in [-0.1, -0.05) is 6.92 Å². The van der Waals surface area contributed by atoms with Crippen LogP contribution in [0.2, 0.25) is 0 Å². The average molecular weight is 223 g/mol. The number of aryl methyl sites for hydroxylation is 1. The predicted octanol–water partition coefficient (Wildman–Crippen LogP) is 0.665. The zero-order chi connectivity index (χ0) is 11.5. The van der Waals surface area contributed by atoms with E-state index in [1.54, 1.807) is 0 Å². The molecular formula is C12H21N3O. The smallest absolute Gasteiger partial charge is 0.0693 e. The molecule has 1 N–H and O–H groups in total. The Hall–Kier alpha value is -0.870. The molecule has 0 spiro atoms. The van der Waals surface area contributed by atoms with E-state index in [9.17, 15) is 5.11 Å². The molecule has 2 atom stereocenters. The molecule has 1 aromatic rings. The van der Waals surface area contributed by atoms with E-state index in [-0.39, 0.29) is 6.10 Å². The number of likely N-dealkylation sites (tertiary alicyclic amines) is 1. The third-order valence-corrected chi connectivity index (χ3v) is 3.61. The fourth-order valence-corrected chi connectivity index (χ4v) is 2.24. The Morgan fingerprint density at radius 3 is 3.00 bits per heavy atom. The Morgan fingerprint density at radius 2 is 2.38 bits per heavy atom. The molecule has 16 heavy (non-hydrogen) atoms. The number of hydrogen-bond acceptors (Lipinski definition) is 3. The van der Waals surface area contributed by atoms with Crippen LogP contribution in [-0.2, 0) is 13.5 Å². The minimum Gasteiger partial charge on any atom is -0.392 e. The minimum absolute atomic E-state index is 0.153. The van der Waals surface area contributed by atoms with Gasteiger partial charge in [0, 0.05) is 38.4 Å². The summed E-state index contributed by atoms with van der Waals surface area (Å²) in [5.74, 6) is 0.452. The van der Waals surface area contributed by atoms with Crippen molar-refractivity contribution >= 4 is 0 Å². The van der Waals surface area contributed by atoms with E-state index in [0.717, 1.165) is 32.5 Å². The number of piperidine rings is 1. The second kappa shape index (κ2) is 4.97. The zero-order valence-corrected chi connectivity index (χ0v) is 10.1. The summed E-state index contributed by atoms with van der Waals surface area (Å²) in [6.45, 7) is 5.07. The van der Waals surface area contributed by atoms with Crippen molar-refractivity contribution in [2.75, 3.05) is 19.6 Å². The van der Waals surface area contributed by atoms with E-state index >= 15 is 0 Å². The summed E-state index contributed by atoms with van der Waals surface area (Å²) < 4.78 is 1.92. The number of nitrogens with zero attached hydrogens (tertiary/aromatic N) is 3. The lowest BCUT2D eigenvalue weighted by molar-refractivity contribution is 0.0296. The van der Waals surface area contributed by atoms with Gasteiger partial charge in [0.25, 0.3) is 0 Å². The molecular weight excluding hydrogens is 202 g/mol. The van der Waals surface area contributed by atoms with Crippen LogP contribution in [-0.4, -0.2) is 45.5 Å². The van der Waals surface area contributed by atoms with Gasteiger partial charge in [-0.2, -0.15) is 5.10 Å². The summed E-state index contributed by atoms with van der Waals surface area (Å²) in [5, 5.41) is 14.0. The SMILES string of the molecule is CC1CCN(CCc2ccnn2C)CC1O. The Morgan fingerprint density at radius 1 is 1.56 bits per heavy atom. The summed E-state index contributed by atoms with van der Waals surface area (Å²) in [6, 6.07) is 2.06. The molecule has 4 heteroatoms. The highest BCUT2D eigenvalue weighted by Gasteiger charge is 2.23. The molecule has 0 aliphatic carbocycles. The van der Waals surface area contributed by atoms with Crippen molar-refractivity contribution in [1.82, 2.24) is 14.7 Å². The van der Waals surface area contributed by atoms with Crippen molar-refractivity contribution in [3.05, 3.63) is 18.0 Å². The van der Waals surface area contributed by atoms with E-state index in [1.807, 2.05) is 17.9 Å². The van der Waals surface area contributed by atoms with E-state index < -0.39 is 0 Å². The highest BCUT2D eigenvalue weighted by molar-refractivity contribution is 5.00. The fraction of sp³-hybridized carbons (Fsp3) is 0.750. The average Bonchev–Trinajstić information content (AvgIpc) is 2.66. The molecule has 0 aromatic carbocycles. The van der Waals surface area contributed by atoms with Crippen LogP contribution in [0, 0.1) is 5.92 Å². The zero-order valence-electron chi connectivity index (χ0n) is 10.1. The fourth-order valence-electron chi connectivity index (χ4n) is 2.24. The maximum absolute atomic E-state index is 9.80. The van der Waals surface area contributed by atoms with Crippen molar-refractivity contribution < 1.29 is 5.11 Å². The maximum atomic E-state index is 9.80. The van der Waals surface area contributed by atoms with Crippen molar-refractivity contribution in [2.24, 2.45) is 13.0 Å². The Kier molecular flexibility index (Phi) is 3.61. The van der Waals surface area contributed by atoms with Crippen LogP contribution in [0.3, 0.4) is 0 Å². The molecule has 1 fully saturated rings. The van der Waals surface area contributed by atoms with E-state index in [2.05, 4.69) is 23.0 Å². The Labute approximate surface area is 96.9 Å². The largest absolute Gasteiger partial charge is 0.392 e. The molecule has 2 unspecified atom stereocenters. The first-order valence-electron chi connectivity index (χ1n) is 6.04. The summed E-state index contributed by atoms with van der Waals surface area (Å²) in [6.07, 6.45) is 3.80. The lowest BCUT2D eigenvalue weighted by atomic mass is 9.96. The van der Waals surface area contributed by atoms with E-state index in [4.69, 9.17) is 0 Å². The minimum atomic E-state index is -0.153. The molecule has 0 bridgehead atoms. The molecule has 0 amide bonds. The number of hydrogen-bond donors (Lipinski definition) is 1. The number of rotatable bonds is 3. The van der Waals surface area contributed by atoms with Gasteiger partial charge in [0.2, 0.25) is 0 Å². The van der Waals surface area contributed by atoms with Gasteiger partial charge in [0.15, 0.2) is 0 Å². The lowest BCUT2D eigenvalue weighted by Gasteiger charge is -2.34. The van der Waals surface area contributed by atoms with Gasteiger partial charge in [0.05, 0.1) is 6.10 Å². The van der Waals surface area contributed by atoms with Crippen LogP contribution >= 0.6 is 0 Å². The molecule has 2 rings (SSSR count). The van der Waals surface area contributed by atoms with Crippen molar-refractivity contribution in [3.8, 4) is 0 Å². The number of aromatic nitrogens is 2. The van der Waals surface area contributed by atoms with Crippen LogP contribution in [0.5, 0.6) is 0 Å². The molecule has 2 heterocycles. The second-order valence-corrected chi connectivity index (χ2v) is 4.83. The molecule has 1 aliphatic heterocycles. The predicted molar refractivity (Wildman–Crippen MR) is 63.1 cm³/mol. The molecule has 0 saturated carbocycles. The van der Waals surface area contributed by atoms with Crippen LogP contribution in [0.4, 0.5) is 0 Å². The highest BCUT2D eigenvalue weighted by atomic mass is 16.3. The first kappa shape index (κ1) is 11.6. The third kappa shape index (κ3) is 2.62. The van der Waals surface area contributed by atoms with Gasteiger partial charge >= 0.3 is 0 Å². The highest BCUT2D eigenvalue weighted by Crippen LogP contribution is 2.17. The molecule has 1 saturated heterocycles. The van der Waals surface area contributed by atoms with E-state index in [1.165, 1.54) is 5.69 Å². The van der Waals surface area contributed by atoms with Gasteiger partial charge in [-0.3, -0.25) is 4.68 Å². The van der Waals surface area contributed by atoms with Gasteiger partial charge in [0.1, 0.15) is 0 Å². The molecule has 4 nitrogen and oxygen atoms in total. The molecule has 1 aliphatic rings. The summed E-state index contributed by atoms with van der Waals surface area (Å²) in [5.41, 5.74) is 1.26. The standard InChI is InChI=1S/C12H21N3O/c1-10-4-7-15(9-12(10)16)8-5-11-3-6-13-14(11)2/h3,6,10,12,16H,4-5,7-9H2,1-2H3. The number of β-amino-alcohol motifs (C(OH)–C–C–N with tert-alkyl or cyclic N) is 1. The van der Waals surface area contributed by atoms with Crippen molar-refractivity contribution in [1.29, 1.82) is 0 Å². The summed E-state index contributed by atoms with van der Waals surface area (Å²) in [4.78, 5) is 2.34. The van der Waals surface area contributed by atoms with Crippen LogP contribution < -0.4 is 0 Å². The van der Waals surface area contributed by atoms with Crippen LogP contribution in [0.1, 0.15) is 19.0 Å². The van der Waals surface area contributed by atoms with Crippen molar-refractivity contribution in [3.63, 3.8) is 0 Å². The normalized spacial score (nSPS) is 27.2. The quantitative estimate of drug-likeness (QED) is 0.818. The van der Waals surface area contributed by atoms with Gasteiger partial charge in [-0.05, 0) is 24.9 Å². The third-order valence-electron chi connectivity index (χ3n) is 3.61. The first-order valence-corrected chi connectivity index (χ1v) is 6.04. The monoisotopic (exact) mass is 223 g/mol. The Bertz CT molecular complexity index is 337. The van der Waals surface area contributed by atoms with Crippen LogP contribution in [0.25, 0.3) is 0 Å². The molecule has 1 aromatic heterocycles. The molecule has 0 radical (unpaired) electrons. The second-order valence-electron chi connectivity index (χ2n) is 4.83. The van der Waals surface area contributed by atoms with E-state index in [0.29, 0.717) is 5.92 Å². The lowest BCUT2D eigenvalue weighted by Crippen LogP contribution is -2.43.